The van der Waals surface area contributed by atoms with Gasteiger partial charge in [0.25, 0.3) is 10.1 Å². The highest BCUT2D eigenvalue weighted by Crippen LogP contribution is 2.13. The lowest BCUT2D eigenvalue weighted by molar-refractivity contribution is 0.482. The Labute approximate surface area is 105 Å². The van der Waals surface area contributed by atoms with Crippen molar-refractivity contribution in [2.24, 2.45) is 0 Å². The second-order valence-electron chi connectivity index (χ2n) is 3.82. The van der Waals surface area contributed by atoms with Gasteiger partial charge < -0.3 is 0 Å². The first-order valence-corrected chi connectivity index (χ1v) is 6.97. The van der Waals surface area contributed by atoms with Crippen molar-refractivity contribution in [3.63, 3.8) is 0 Å². The Hall–Kier alpha value is -1.79. The van der Waals surface area contributed by atoms with Gasteiger partial charge >= 0.3 is 0 Å². The van der Waals surface area contributed by atoms with Crippen molar-refractivity contribution < 1.29 is 13.0 Å². The predicted molar refractivity (Wildman–Crippen MR) is 67.6 cm³/mol. The van der Waals surface area contributed by atoms with Gasteiger partial charge in [-0.25, -0.2) is 9.97 Å². The van der Waals surface area contributed by atoms with Crippen LogP contribution in [-0.2, 0) is 16.5 Å². The second kappa shape index (κ2) is 5.24. The number of hydrogen-bond donors (Lipinski definition) is 1. The van der Waals surface area contributed by atoms with Gasteiger partial charge in [-0.15, -0.1) is 0 Å². The zero-order valence-corrected chi connectivity index (χ0v) is 10.3. The Bertz CT molecular complexity index is 610. The topological polar surface area (TPSA) is 80.2 Å². The van der Waals surface area contributed by atoms with E-state index in [0.29, 0.717) is 11.4 Å². The van der Waals surface area contributed by atoms with Crippen LogP contribution in [0.4, 0.5) is 0 Å². The molecule has 94 valence electrons. The van der Waals surface area contributed by atoms with Crippen LogP contribution in [0, 0.1) is 0 Å². The zero-order valence-electron chi connectivity index (χ0n) is 9.52. The number of rotatable bonds is 4. The minimum absolute atomic E-state index is 0.202. The molecule has 6 heteroatoms. The third-order valence-corrected chi connectivity index (χ3v) is 3.11. The van der Waals surface area contributed by atoms with E-state index in [1.807, 2.05) is 30.3 Å². The molecule has 1 heterocycles. The summed E-state index contributed by atoms with van der Waals surface area (Å²) in [6.45, 7) is 0. The molecule has 0 aliphatic heterocycles. The summed E-state index contributed by atoms with van der Waals surface area (Å²) in [6, 6.07) is 9.49. The van der Waals surface area contributed by atoms with E-state index in [1.165, 1.54) is 0 Å². The van der Waals surface area contributed by atoms with Crippen LogP contribution in [0.15, 0.2) is 42.7 Å². The van der Waals surface area contributed by atoms with E-state index in [0.717, 1.165) is 5.56 Å². The van der Waals surface area contributed by atoms with Gasteiger partial charge in [-0.3, -0.25) is 4.55 Å². The first-order chi connectivity index (χ1) is 8.54. The van der Waals surface area contributed by atoms with Crippen LogP contribution in [0.3, 0.4) is 0 Å². The van der Waals surface area contributed by atoms with Crippen molar-refractivity contribution in [3.8, 4) is 11.4 Å². The molecule has 5 nitrogen and oxygen atoms in total. The number of aryl methyl sites for hydroxylation is 1. The fourth-order valence-electron chi connectivity index (χ4n) is 1.47. The lowest BCUT2D eigenvalue weighted by atomic mass is 10.2. The van der Waals surface area contributed by atoms with Gasteiger partial charge in [-0.2, -0.15) is 8.42 Å². The molecule has 1 aromatic carbocycles. The lowest BCUT2D eigenvalue weighted by Gasteiger charge is -2.01. The molecule has 0 aliphatic rings. The highest BCUT2D eigenvalue weighted by Gasteiger charge is 2.06. The molecular formula is C12H12N2O3S. The summed E-state index contributed by atoms with van der Waals surface area (Å²) in [5.41, 5.74) is 1.58. The van der Waals surface area contributed by atoms with Crippen LogP contribution in [-0.4, -0.2) is 28.7 Å². The minimum atomic E-state index is -3.94. The summed E-state index contributed by atoms with van der Waals surface area (Å²) < 4.78 is 29.9. The van der Waals surface area contributed by atoms with Crippen molar-refractivity contribution in [2.75, 3.05) is 5.75 Å². The van der Waals surface area contributed by atoms with Crippen LogP contribution in [0.2, 0.25) is 0 Å². The Morgan fingerprint density at radius 2 is 1.67 bits per heavy atom. The third kappa shape index (κ3) is 3.61. The molecule has 1 N–H and O–H groups in total. The Morgan fingerprint density at radius 3 is 2.22 bits per heavy atom. The molecule has 0 radical (unpaired) electrons. The maximum Gasteiger partial charge on any atom is 0.265 e. The SMILES string of the molecule is O=S(=O)(O)CCc1cnc(-c2ccccc2)nc1. The second-order valence-corrected chi connectivity index (χ2v) is 5.39. The normalized spacial score (nSPS) is 11.4. The molecular weight excluding hydrogens is 252 g/mol. The van der Waals surface area contributed by atoms with E-state index in [2.05, 4.69) is 9.97 Å². The van der Waals surface area contributed by atoms with Gasteiger partial charge in [0.1, 0.15) is 0 Å². The van der Waals surface area contributed by atoms with Crippen LogP contribution < -0.4 is 0 Å². The van der Waals surface area contributed by atoms with E-state index in [4.69, 9.17) is 4.55 Å². The molecule has 2 rings (SSSR count). The molecule has 0 amide bonds. The van der Waals surface area contributed by atoms with Gasteiger partial charge in [0.05, 0.1) is 5.75 Å². The molecule has 0 unspecified atom stereocenters. The first-order valence-electron chi connectivity index (χ1n) is 5.36. The fraction of sp³-hybridized carbons (Fsp3) is 0.167. The van der Waals surface area contributed by atoms with E-state index >= 15 is 0 Å². The number of aromatic nitrogens is 2. The van der Waals surface area contributed by atoms with Gasteiger partial charge in [0, 0.05) is 18.0 Å². The molecule has 2 aromatic rings. The molecule has 18 heavy (non-hydrogen) atoms. The van der Waals surface area contributed by atoms with E-state index in [-0.39, 0.29) is 12.2 Å². The Kier molecular flexibility index (Phi) is 3.69. The monoisotopic (exact) mass is 264 g/mol. The number of nitrogens with zero attached hydrogens (tertiary/aromatic N) is 2. The highest BCUT2D eigenvalue weighted by atomic mass is 32.2. The van der Waals surface area contributed by atoms with Crippen molar-refractivity contribution in [1.29, 1.82) is 0 Å². The predicted octanol–water partition coefficient (Wildman–Crippen LogP) is 1.57. The fourth-order valence-corrected chi connectivity index (χ4v) is 1.96. The summed E-state index contributed by atoms with van der Waals surface area (Å²) in [5.74, 6) is 0.271. The first kappa shape index (κ1) is 12.7. The van der Waals surface area contributed by atoms with Gasteiger partial charge in [-0.05, 0) is 12.0 Å². The number of hydrogen-bond acceptors (Lipinski definition) is 4. The summed E-state index contributed by atoms with van der Waals surface area (Å²) in [7, 11) is -3.94. The molecule has 0 bridgehead atoms. The van der Waals surface area contributed by atoms with Crippen LogP contribution in [0.1, 0.15) is 5.56 Å². The largest absolute Gasteiger partial charge is 0.286 e. The highest BCUT2D eigenvalue weighted by molar-refractivity contribution is 7.85. The van der Waals surface area contributed by atoms with Crippen molar-refractivity contribution in [3.05, 3.63) is 48.3 Å². The van der Waals surface area contributed by atoms with Crippen molar-refractivity contribution in [2.45, 2.75) is 6.42 Å². The molecule has 1 aromatic heterocycles. The van der Waals surface area contributed by atoms with Crippen molar-refractivity contribution in [1.82, 2.24) is 9.97 Å². The Balaban J connectivity index is 2.11. The smallest absolute Gasteiger partial charge is 0.265 e. The maximum atomic E-state index is 10.6. The molecule has 0 spiro atoms. The average Bonchev–Trinajstić information content (AvgIpc) is 2.37. The Morgan fingerprint density at radius 1 is 1.06 bits per heavy atom. The summed E-state index contributed by atoms with van der Waals surface area (Å²) in [6.07, 6.45) is 3.34. The molecule has 0 saturated carbocycles. The lowest BCUT2D eigenvalue weighted by Crippen LogP contribution is -2.07. The van der Waals surface area contributed by atoms with Crippen molar-refractivity contribution >= 4 is 10.1 Å². The molecule has 0 atom stereocenters. The van der Waals surface area contributed by atoms with Gasteiger partial charge in [-0.1, -0.05) is 30.3 Å². The van der Waals surface area contributed by atoms with Gasteiger partial charge in [0.2, 0.25) is 0 Å². The molecule has 0 aliphatic carbocycles. The summed E-state index contributed by atoms with van der Waals surface area (Å²) in [5, 5.41) is 0. The van der Waals surface area contributed by atoms with E-state index in [9.17, 15) is 8.42 Å². The molecule has 0 saturated heterocycles. The maximum absolute atomic E-state index is 10.6. The van der Waals surface area contributed by atoms with Crippen LogP contribution in [0.5, 0.6) is 0 Å². The summed E-state index contributed by atoms with van der Waals surface area (Å²) >= 11 is 0. The third-order valence-electron chi connectivity index (χ3n) is 2.39. The van der Waals surface area contributed by atoms with Gasteiger partial charge in [0.15, 0.2) is 5.82 Å². The quantitative estimate of drug-likeness (QED) is 0.848. The standard InChI is InChI=1S/C12H12N2O3S/c15-18(16,17)7-6-10-8-13-12(14-9-10)11-4-2-1-3-5-11/h1-5,8-9H,6-7H2,(H,15,16,17). The van der Waals surface area contributed by atoms with Crippen LogP contribution in [0.25, 0.3) is 11.4 Å². The van der Waals surface area contributed by atoms with Crippen LogP contribution >= 0.6 is 0 Å². The minimum Gasteiger partial charge on any atom is -0.286 e. The number of benzene rings is 1. The molecule has 0 fully saturated rings. The van der Waals surface area contributed by atoms with E-state index < -0.39 is 10.1 Å². The zero-order chi connectivity index (χ0) is 13.0. The average molecular weight is 264 g/mol. The van der Waals surface area contributed by atoms with E-state index in [1.54, 1.807) is 12.4 Å². The summed E-state index contributed by atoms with van der Waals surface area (Å²) in [4.78, 5) is 8.32.